The highest BCUT2D eigenvalue weighted by Gasteiger charge is 2.55. The molecule has 1 atom stereocenters. The lowest BCUT2D eigenvalue weighted by atomic mass is 9.83. The van der Waals surface area contributed by atoms with Crippen molar-refractivity contribution in [3.05, 3.63) is 30.3 Å². The Bertz CT molecular complexity index is 612. The van der Waals surface area contributed by atoms with Crippen LogP contribution < -0.4 is 10.5 Å². The summed E-state index contributed by atoms with van der Waals surface area (Å²) in [4.78, 5) is 17.7. The molecule has 1 aromatic rings. The normalized spacial score (nSPS) is 22.3. The Morgan fingerprint density at radius 2 is 2.05 bits per heavy atom. The summed E-state index contributed by atoms with van der Waals surface area (Å²) in [6, 6.07) is 9.03. The summed E-state index contributed by atoms with van der Waals surface area (Å²) in [5.74, 6) is -0.512. The molecule has 1 unspecified atom stereocenters. The molecule has 0 aromatic heterocycles. The number of hydrogen-bond acceptors (Lipinski definition) is 6. The third kappa shape index (κ3) is 2.38. The molecule has 2 rings (SSSR count). The number of para-hydroxylation sites is 1. The Hall–Kier alpha value is -2.25. The van der Waals surface area contributed by atoms with Crippen molar-refractivity contribution >= 4 is 23.0 Å². The fraction of sp³-hybridized carbons (Fsp3) is 0.400. The molecular formula is C15H20N4O3. The molecule has 1 amide bonds. The third-order valence-electron chi connectivity index (χ3n) is 3.59. The number of hydroxylamine groups is 1. The van der Waals surface area contributed by atoms with E-state index in [2.05, 4.69) is 15.7 Å². The molecule has 0 saturated carbocycles. The molecule has 0 bridgehead atoms. The zero-order chi connectivity index (χ0) is 16.3. The van der Waals surface area contributed by atoms with Gasteiger partial charge in [-0.05, 0) is 25.0 Å². The quantitative estimate of drug-likeness (QED) is 0.641. The van der Waals surface area contributed by atoms with Gasteiger partial charge >= 0.3 is 0 Å². The predicted molar refractivity (Wildman–Crippen MR) is 84.0 cm³/mol. The number of rotatable bonds is 5. The molecular weight excluding hydrogens is 284 g/mol. The first-order valence-electron chi connectivity index (χ1n) is 6.97. The molecule has 118 valence electrons. The summed E-state index contributed by atoms with van der Waals surface area (Å²) in [6.07, 6.45) is 0. The number of nitrogens with zero attached hydrogens (tertiary/aromatic N) is 3. The molecule has 0 radical (unpaired) electrons. The lowest BCUT2D eigenvalue weighted by molar-refractivity contribution is -0.122. The first-order chi connectivity index (χ1) is 10.5. The highest BCUT2D eigenvalue weighted by Crippen LogP contribution is 2.30. The van der Waals surface area contributed by atoms with Gasteiger partial charge in [-0.15, -0.1) is 0 Å². The second-order valence-corrected chi connectivity index (χ2v) is 5.31. The lowest BCUT2D eigenvalue weighted by Crippen LogP contribution is -2.62. The van der Waals surface area contributed by atoms with Gasteiger partial charge in [0.1, 0.15) is 7.11 Å². The number of carbonyl (C=O) groups excluding carboxylic acids is 1. The van der Waals surface area contributed by atoms with E-state index in [0.717, 1.165) is 0 Å². The van der Waals surface area contributed by atoms with Crippen LogP contribution in [-0.2, 0) is 9.63 Å². The van der Waals surface area contributed by atoms with E-state index in [0.29, 0.717) is 11.4 Å². The fourth-order valence-electron chi connectivity index (χ4n) is 2.52. The van der Waals surface area contributed by atoms with Gasteiger partial charge < -0.3 is 10.0 Å². The maximum atomic E-state index is 12.9. The average Bonchev–Trinajstić information content (AvgIpc) is 2.82. The van der Waals surface area contributed by atoms with E-state index in [9.17, 15) is 10.0 Å². The molecule has 22 heavy (non-hydrogen) atoms. The lowest BCUT2D eigenvalue weighted by Gasteiger charge is -2.28. The molecule has 1 aliphatic rings. The van der Waals surface area contributed by atoms with Crippen molar-refractivity contribution in [2.75, 3.05) is 12.1 Å². The first kappa shape index (κ1) is 16.1. The number of nitrogens with one attached hydrogen (secondary N) is 1. The smallest absolute Gasteiger partial charge is 0.281 e. The predicted octanol–water partition coefficient (Wildman–Crippen LogP) is 1.79. The maximum Gasteiger partial charge on any atom is 0.281 e. The number of hydrazone groups is 1. The van der Waals surface area contributed by atoms with Gasteiger partial charge in [0.05, 0.1) is 17.1 Å². The fourth-order valence-corrected chi connectivity index (χ4v) is 2.52. The molecule has 7 nitrogen and oxygen atoms in total. The highest BCUT2D eigenvalue weighted by atomic mass is 16.6. The Morgan fingerprint density at radius 1 is 1.41 bits per heavy atom. The molecule has 1 aromatic carbocycles. The van der Waals surface area contributed by atoms with Gasteiger partial charge in [-0.25, -0.2) is 0 Å². The Kier molecular flexibility index (Phi) is 4.58. The van der Waals surface area contributed by atoms with E-state index >= 15 is 0 Å². The standard InChI is InChI=1S/C15H20N4O3/c1-10(2)13-15(18-21,11(3)17-22-4)14(20)19(16-13)12-8-6-5-7-9-12/h5-10,18,21H,1-4H3. The van der Waals surface area contributed by atoms with Crippen LogP contribution in [0.2, 0.25) is 0 Å². The number of anilines is 1. The van der Waals surface area contributed by atoms with Crippen LogP contribution in [0.3, 0.4) is 0 Å². The van der Waals surface area contributed by atoms with E-state index in [4.69, 9.17) is 4.84 Å². The summed E-state index contributed by atoms with van der Waals surface area (Å²) in [7, 11) is 1.38. The molecule has 1 aliphatic heterocycles. The van der Waals surface area contributed by atoms with Crippen LogP contribution in [0.15, 0.2) is 40.6 Å². The highest BCUT2D eigenvalue weighted by molar-refractivity contribution is 6.37. The summed E-state index contributed by atoms with van der Waals surface area (Å²) in [6.45, 7) is 5.40. The van der Waals surface area contributed by atoms with Crippen molar-refractivity contribution in [1.29, 1.82) is 0 Å². The van der Waals surface area contributed by atoms with Gasteiger partial charge in [0.15, 0.2) is 0 Å². The minimum Gasteiger partial charge on any atom is -0.399 e. The van der Waals surface area contributed by atoms with Crippen molar-refractivity contribution in [3.8, 4) is 0 Å². The van der Waals surface area contributed by atoms with Crippen LogP contribution in [0.1, 0.15) is 20.8 Å². The minimum atomic E-state index is -1.51. The largest absolute Gasteiger partial charge is 0.399 e. The second-order valence-electron chi connectivity index (χ2n) is 5.31. The molecule has 0 fully saturated rings. The van der Waals surface area contributed by atoms with Crippen LogP contribution >= 0.6 is 0 Å². The summed E-state index contributed by atoms with van der Waals surface area (Å²) in [5.41, 5.74) is 1.97. The van der Waals surface area contributed by atoms with Crippen molar-refractivity contribution in [2.24, 2.45) is 16.2 Å². The van der Waals surface area contributed by atoms with Gasteiger partial charge in [0, 0.05) is 0 Å². The van der Waals surface area contributed by atoms with Crippen molar-refractivity contribution in [3.63, 3.8) is 0 Å². The second kappa shape index (κ2) is 6.25. The molecule has 0 saturated heterocycles. The maximum absolute atomic E-state index is 12.9. The van der Waals surface area contributed by atoms with E-state index in [-0.39, 0.29) is 11.6 Å². The molecule has 0 aliphatic carbocycles. The molecule has 0 spiro atoms. The summed E-state index contributed by atoms with van der Waals surface area (Å²) in [5, 5.41) is 19.3. The van der Waals surface area contributed by atoms with E-state index in [1.807, 2.05) is 32.0 Å². The molecule has 2 N–H and O–H groups in total. The van der Waals surface area contributed by atoms with E-state index < -0.39 is 11.4 Å². The Balaban J connectivity index is 2.58. The van der Waals surface area contributed by atoms with Crippen molar-refractivity contribution in [2.45, 2.75) is 26.3 Å². The van der Waals surface area contributed by atoms with Crippen molar-refractivity contribution in [1.82, 2.24) is 5.48 Å². The van der Waals surface area contributed by atoms with E-state index in [1.54, 1.807) is 19.1 Å². The van der Waals surface area contributed by atoms with Crippen LogP contribution in [0.4, 0.5) is 5.69 Å². The van der Waals surface area contributed by atoms with Gasteiger partial charge in [-0.3, -0.25) is 4.79 Å². The zero-order valence-corrected chi connectivity index (χ0v) is 13.1. The van der Waals surface area contributed by atoms with Crippen LogP contribution in [0, 0.1) is 5.92 Å². The average molecular weight is 304 g/mol. The first-order valence-corrected chi connectivity index (χ1v) is 6.97. The number of hydrogen-bond donors (Lipinski definition) is 2. The van der Waals surface area contributed by atoms with Crippen LogP contribution in [0.5, 0.6) is 0 Å². The number of benzene rings is 1. The Labute approximate surface area is 129 Å². The summed E-state index contributed by atoms with van der Waals surface area (Å²) >= 11 is 0. The summed E-state index contributed by atoms with van der Waals surface area (Å²) < 4.78 is 0. The van der Waals surface area contributed by atoms with Gasteiger partial charge in [-0.2, -0.15) is 15.6 Å². The van der Waals surface area contributed by atoms with E-state index in [1.165, 1.54) is 12.1 Å². The van der Waals surface area contributed by atoms with Crippen LogP contribution in [-0.4, -0.2) is 35.2 Å². The third-order valence-corrected chi connectivity index (χ3v) is 3.59. The van der Waals surface area contributed by atoms with Crippen molar-refractivity contribution < 1.29 is 14.8 Å². The zero-order valence-electron chi connectivity index (χ0n) is 13.1. The van der Waals surface area contributed by atoms with Gasteiger partial charge in [0.25, 0.3) is 5.91 Å². The SMILES string of the molecule is CON=C(C)C1(NO)C(=O)N(c2ccccc2)N=C1C(C)C. The van der Waals surface area contributed by atoms with Crippen LogP contribution in [0.25, 0.3) is 0 Å². The minimum absolute atomic E-state index is 0.0840. The monoisotopic (exact) mass is 304 g/mol. The molecule has 1 heterocycles. The molecule has 7 heteroatoms. The van der Waals surface area contributed by atoms with Gasteiger partial charge in [-0.1, -0.05) is 37.2 Å². The van der Waals surface area contributed by atoms with Gasteiger partial charge in [0.2, 0.25) is 5.54 Å². The number of oxime groups is 1. The number of carbonyl (C=O) groups is 1. The number of amides is 1. The Morgan fingerprint density at radius 3 is 2.55 bits per heavy atom. The topological polar surface area (TPSA) is 86.5 Å².